The van der Waals surface area contributed by atoms with Crippen LogP contribution >= 0.6 is 11.8 Å². The van der Waals surface area contributed by atoms with E-state index >= 15 is 0 Å². The van der Waals surface area contributed by atoms with Crippen molar-refractivity contribution < 1.29 is 4.79 Å². The summed E-state index contributed by atoms with van der Waals surface area (Å²) in [4.78, 5) is 21.4. The van der Waals surface area contributed by atoms with E-state index in [-0.39, 0.29) is 17.1 Å². The van der Waals surface area contributed by atoms with Gasteiger partial charge in [-0.3, -0.25) is 4.99 Å². The molecule has 0 aromatic heterocycles. The fourth-order valence-corrected chi connectivity index (χ4v) is 3.49. The van der Waals surface area contributed by atoms with Crippen LogP contribution < -0.4 is 4.90 Å². The molecule has 0 unspecified atom stereocenters. The number of carbonyl (C=O) groups excluding carboxylic acids is 1. The summed E-state index contributed by atoms with van der Waals surface area (Å²) in [6, 6.07) is 9.72. The number of hydrogen-bond acceptors (Lipinski definition) is 3. The van der Waals surface area contributed by atoms with Crippen LogP contribution in [0.5, 0.6) is 0 Å². The van der Waals surface area contributed by atoms with Gasteiger partial charge in [0.1, 0.15) is 0 Å². The molecule has 2 amide bonds. The van der Waals surface area contributed by atoms with E-state index in [4.69, 9.17) is 4.99 Å². The predicted molar refractivity (Wildman–Crippen MR) is 95.6 cm³/mol. The van der Waals surface area contributed by atoms with Crippen molar-refractivity contribution in [3.63, 3.8) is 0 Å². The number of rotatable bonds is 1. The molecule has 0 spiro atoms. The summed E-state index contributed by atoms with van der Waals surface area (Å²) in [5.41, 5.74) is 0.418. The highest BCUT2D eigenvalue weighted by Gasteiger charge is 2.38. The Balaban J connectivity index is 2.47. The SMILES string of the molecule is CC(C)(C)N=C1SCN(C(C)(C)C)C(=O)N1c1ccccc1. The van der Waals surface area contributed by atoms with Gasteiger partial charge < -0.3 is 4.90 Å². The molecule has 1 aromatic rings. The van der Waals surface area contributed by atoms with Crippen LogP contribution in [0.1, 0.15) is 41.5 Å². The molecule has 0 saturated carbocycles. The Bertz CT molecular complexity index is 570. The van der Waals surface area contributed by atoms with E-state index in [1.807, 2.05) is 56.0 Å². The lowest BCUT2D eigenvalue weighted by Gasteiger charge is -2.43. The lowest BCUT2D eigenvalue weighted by molar-refractivity contribution is 0.169. The van der Waals surface area contributed by atoms with Gasteiger partial charge in [-0.15, -0.1) is 0 Å². The molecule has 4 nitrogen and oxygen atoms in total. The van der Waals surface area contributed by atoms with Crippen LogP contribution in [-0.2, 0) is 0 Å². The molecule has 1 heterocycles. The van der Waals surface area contributed by atoms with Gasteiger partial charge in [0.25, 0.3) is 0 Å². The summed E-state index contributed by atoms with van der Waals surface area (Å²) >= 11 is 1.61. The second kappa shape index (κ2) is 5.95. The van der Waals surface area contributed by atoms with Crippen molar-refractivity contribution in [2.24, 2.45) is 4.99 Å². The molecule has 1 aliphatic rings. The molecule has 0 bridgehead atoms. The quantitative estimate of drug-likeness (QED) is 0.760. The fourth-order valence-electron chi connectivity index (χ4n) is 2.09. The van der Waals surface area contributed by atoms with Gasteiger partial charge in [-0.05, 0) is 53.7 Å². The Kier molecular flexibility index (Phi) is 4.57. The van der Waals surface area contributed by atoms with Crippen LogP contribution in [0.15, 0.2) is 35.3 Å². The summed E-state index contributed by atoms with van der Waals surface area (Å²) in [6.07, 6.45) is 0. The van der Waals surface area contributed by atoms with E-state index in [0.29, 0.717) is 5.88 Å². The lowest BCUT2D eigenvalue weighted by Crippen LogP contribution is -2.57. The highest BCUT2D eigenvalue weighted by Crippen LogP contribution is 2.32. The molecule has 1 aromatic carbocycles. The minimum Gasteiger partial charge on any atom is -0.309 e. The first-order chi connectivity index (χ1) is 10.1. The van der Waals surface area contributed by atoms with E-state index in [9.17, 15) is 4.79 Å². The Hall–Kier alpha value is -1.49. The molecular weight excluding hydrogens is 294 g/mol. The topological polar surface area (TPSA) is 35.9 Å². The van der Waals surface area contributed by atoms with Gasteiger partial charge in [-0.25, -0.2) is 9.69 Å². The first-order valence-electron chi connectivity index (χ1n) is 7.49. The first kappa shape index (κ1) is 16.9. The highest BCUT2D eigenvalue weighted by atomic mass is 32.2. The van der Waals surface area contributed by atoms with Gasteiger partial charge in [0.15, 0.2) is 5.17 Å². The number of aliphatic imine (C=N–C) groups is 1. The van der Waals surface area contributed by atoms with Crippen LogP contribution in [0.3, 0.4) is 0 Å². The fraction of sp³-hybridized carbons (Fsp3) is 0.529. The zero-order chi connectivity index (χ0) is 16.5. The molecule has 1 aliphatic heterocycles. The summed E-state index contributed by atoms with van der Waals surface area (Å²) in [6.45, 7) is 12.3. The standard InChI is InChI=1S/C17H25N3OS/c1-16(2,3)18-14-20(13-10-8-7-9-11-13)15(21)19(12-22-14)17(4,5)6/h7-11H,12H2,1-6H3. The van der Waals surface area contributed by atoms with Gasteiger partial charge in [-0.2, -0.15) is 0 Å². The van der Waals surface area contributed by atoms with Crippen molar-refractivity contribution in [1.29, 1.82) is 0 Å². The third kappa shape index (κ3) is 3.83. The Morgan fingerprint density at radius 1 is 1.05 bits per heavy atom. The van der Waals surface area contributed by atoms with Gasteiger partial charge in [0.05, 0.1) is 17.1 Å². The summed E-state index contributed by atoms with van der Waals surface area (Å²) in [7, 11) is 0. The molecule has 1 saturated heterocycles. The minimum absolute atomic E-state index is 0.0135. The van der Waals surface area contributed by atoms with Crippen LogP contribution in [0.25, 0.3) is 0 Å². The second-order valence-corrected chi connectivity index (χ2v) is 8.30. The van der Waals surface area contributed by atoms with E-state index in [0.717, 1.165) is 10.9 Å². The summed E-state index contributed by atoms with van der Waals surface area (Å²) in [5, 5.41) is 0.768. The minimum atomic E-state index is -0.223. The monoisotopic (exact) mass is 319 g/mol. The van der Waals surface area contributed by atoms with Gasteiger partial charge in [0.2, 0.25) is 0 Å². The number of carbonyl (C=O) groups is 1. The van der Waals surface area contributed by atoms with E-state index < -0.39 is 0 Å². The number of anilines is 1. The average molecular weight is 319 g/mol. The van der Waals surface area contributed by atoms with Crippen LogP contribution in [0.4, 0.5) is 10.5 Å². The third-order valence-electron chi connectivity index (χ3n) is 3.19. The number of amidine groups is 1. The Morgan fingerprint density at radius 3 is 2.14 bits per heavy atom. The highest BCUT2D eigenvalue weighted by molar-refractivity contribution is 8.14. The van der Waals surface area contributed by atoms with Crippen LogP contribution in [0.2, 0.25) is 0 Å². The molecule has 120 valence electrons. The maximum absolute atomic E-state index is 13.0. The number of thioether (sulfide) groups is 1. The van der Waals surface area contributed by atoms with Gasteiger partial charge >= 0.3 is 6.03 Å². The van der Waals surface area contributed by atoms with Gasteiger partial charge in [-0.1, -0.05) is 30.0 Å². The maximum atomic E-state index is 13.0. The first-order valence-corrected chi connectivity index (χ1v) is 8.47. The maximum Gasteiger partial charge on any atom is 0.331 e. The molecule has 0 N–H and O–H groups in total. The number of urea groups is 1. The molecule has 1 fully saturated rings. The van der Waals surface area contributed by atoms with Crippen molar-refractivity contribution in [1.82, 2.24) is 4.90 Å². The largest absolute Gasteiger partial charge is 0.331 e. The summed E-state index contributed by atoms with van der Waals surface area (Å²) in [5.74, 6) is 0.626. The Morgan fingerprint density at radius 2 is 1.64 bits per heavy atom. The number of benzene rings is 1. The van der Waals surface area contributed by atoms with Gasteiger partial charge in [0, 0.05) is 5.54 Å². The number of amides is 2. The summed E-state index contributed by atoms with van der Waals surface area (Å²) < 4.78 is 0. The van der Waals surface area contributed by atoms with E-state index in [1.54, 1.807) is 16.7 Å². The molecule has 0 aliphatic carbocycles. The second-order valence-electron chi connectivity index (χ2n) is 7.39. The number of hydrogen-bond donors (Lipinski definition) is 0. The number of para-hydroxylation sites is 1. The molecule has 5 heteroatoms. The molecule has 0 radical (unpaired) electrons. The molecule has 2 rings (SSSR count). The van der Waals surface area contributed by atoms with Crippen molar-refractivity contribution in [3.8, 4) is 0 Å². The van der Waals surface area contributed by atoms with Crippen molar-refractivity contribution in [3.05, 3.63) is 30.3 Å². The van der Waals surface area contributed by atoms with E-state index in [1.165, 1.54) is 0 Å². The van der Waals surface area contributed by atoms with Crippen LogP contribution in [0, 0.1) is 0 Å². The van der Waals surface area contributed by atoms with Crippen molar-refractivity contribution in [2.45, 2.75) is 52.6 Å². The molecule has 0 atom stereocenters. The Labute approximate surface area is 137 Å². The van der Waals surface area contributed by atoms with Crippen LogP contribution in [-0.4, -0.2) is 33.1 Å². The normalized spacial score (nSPS) is 19.0. The smallest absolute Gasteiger partial charge is 0.309 e. The van der Waals surface area contributed by atoms with Crippen molar-refractivity contribution in [2.75, 3.05) is 10.8 Å². The zero-order valence-corrected chi connectivity index (χ0v) is 15.1. The zero-order valence-electron chi connectivity index (χ0n) is 14.3. The molecular formula is C17H25N3OS. The predicted octanol–water partition coefficient (Wildman–Crippen LogP) is 4.57. The molecule has 22 heavy (non-hydrogen) atoms. The number of nitrogens with zero attached hydrogens (tertiary/aromatic N) is 3. The average Bonchev–Trinajstić information content (AvgIpc) is 2.36. The van der Waals surface area contributed by atoms with E-state index in [2.05, 4.69) is 20.8 Å². The van der Waals surface area contributed by atoms with Crippen molar-refractivity contribution >= 4 is 28.6 Å². The third-order valence-corrected chi connectivity index (χ3v) is 4.11. The lowest BCUT2D eigenvalue weighted by atomic mass is 10.1.